The van der Waals surface area contributed by atoms with Crippen molar-refractivity contribution < 1.29 is 14.7 Å². The summed E-state index contributed by atoms with van der Waals surface area (Å²) in [4.78, 5) is 39.6. The summed E-state index contributed by atoms with van der Waals surface area (Å²) in [5.41, 5.74) is 0. The van der Waals surface area contributed by atoms with E-state index in [2.05, 4.69) is 19.9 Å². The maximum absolute atomic E-state index is 12.5. The molecule has 3 atom stereocenters. The summed E-state index contributed by atoms with van der Waals surface area (Å²) in [7, 11) is 0. The Labute approximate surface area is 174 Å². The molecule has 3 aliphatic rings. The first-order valence-corrected chi connectivity index (χ1v) is 10.2. The summed E-state index contributed by atoms with van der Waals surface area (Å²) < 4.78 is -0.499. The lowest BCUT2D eigenvalue weighted by atomic mass is 9.93. The summed E-state index contributed by atoms with van der Waals surface area (Å²) in [5.74, 6) is 0.541. The second-order valence-electron chi connectivity index (χ2n) is 8.03. The molecule has 2 unspecified atom stereocenters. The Morgan fingerprint density at radius 1 is 1.46 bits per heavy atom. The van der Waals surface area contributed by atoms with E-state index < -0.39 is 22.8 Å². The summed E-state index contributed by atoms with van der Waals surface area (Å²) in [5, 5.41) is 9.30. The van der Waals surface area contributed by atoms with Crippen molar-refractivity contribution in [2.24, 2.45) is 10.9 Å². The molecule has 4 heterocycles. The van der Waals surface area contributed by atoms with Gasteiger partial charge in [-0.2, -0.15) is 0 Å². The van der Waals surface area contributed by atoms with Crippen LogP contribution in [-0.2, 0) is 16.0 Å². The molecule has 0 saturated carbocycles. The summed E-state index contributed by atoms with van der Waals surface area (Å²) in [6.45, 7) is 5.60. The van der Waals surface area contributed by atoms with Crippen LogP contribution < -0.4 is 0 Å². The number of amides is 1. The van der Waals surface area contributed by atoms with Gasteiger partial charge in [0.25, 0.3) is 5.91 Å². The number of rotatable bonds is 5. The molecule has 1 amide bonds. The highest BCUT2D eigenvalue weighted by Gasteiger charge is 2.63. The highest BCUT2D eigenvalue weighted by Crippen LogP contribution is 2.51. The lowest BCUT2D eigenvalue weighted by molar-refractivity contribution is -0.158. The molecule has 0 spiro atoms. The number of thioether (sulfide) groups is 1. The molecule has 4 rings (SSSR count). The topological polar surface area (TPSA) is 102 Å². The molecule has 0 bridgehead atoms. The van der Waals surface area contributed by atoms with Gasteiger partial charge >= 0.3 is 5.97 Å². The van der Waals surface area contributed by atoms with Gasteiger partial charge in [-0.25, -0.2) is 9.78 Å². The van der Waals surface area contributed by atoms with E-state index in [0.717, 1.165) is 38.2 Å². The predicted octanol–water partition coefficient (Wildman–Crippen LogP) is 1.63. The number of H-pyrrole nitrogens is 1. The number of carboxylic acids is 1. The van der Waals surface area contributed by atoms with Crippen molar-refractivity contribution in [1.29, 1.82) is 0 Å². The van der Waals surface area contributed by atoms with Crippen molar-refractivity contribution in [3.63, 3.8) is 0 Å². The molecule has 1 aromatic heterocycles. The Morgan fingerprint density at radius 2 is 2.18 bits per heavy atom. The number of nitrogens with zero attached hydrogens (tertiary/aromatic N) is 4. The zero-order valence-corrected chi connectivity index (χ0v) is 17.6. The van der Waals surface area contributed by atoms with Crippen LogP contribution in [0.25, 0.3) is 0 Å². The van der Waals surface area contributed by atoms with E-state index in [1.165, 1.54) is 16.7 Å². The van der Waals surface area contributed by atoms with Crippen LogP contribution in [0.2, 0.25) is 0 Å². The molecule has 0 aliphatic carbocycles. The molecule has 28 heavy (non-hydrogen) atoms. The Hall–Kier alpha value is -1.74. The monoisotopic (exact) mass is 427 g/mol. The molecule has 0 aromatic carbocycles. The fourth-order valence-electron chi connectivity index (χ4n) is 4.25. The number of β-lactam (4-membered cyclic amide) rings is 1. The summed E-state index contributed by atoms with van der Waals surface area (Å²) in [6.07, 6.45) is 8.55. The fraction of sp³-hybridized carbons (Fsp3) is 0.667. The first-order chi connectivity index (χ1) is 12.9. The summed E-state index contributed by atoms with van der Waals surface area (Å²) >= 11 is 1.54. The van der Waals surface area contributed by atoms with Crippen LogP contribution >= 0.6 is 24.2 Å². The van der Waals surface area contributed by atoms with Crippen molar-refractivity contribution >= 4 is 42.4 Å². The number of piperidine rings is 1. The van der Waals surface area contributed by atoms with Crippen LogP contribution in [0, 0.1) is 5.92 Å². The maximum atomic E-state index is 12.5. The minimum absolute atomic E-state index is 0. The normalized spacial score (nSPS) is 29.5. The van der Waals surface area contributed by atoms with Crippen molar-refractivity contribution in [2.45, 2.75) is 55.3 Å². The molecule has 10 heteroatoms. The number of halogens is 1. The molecule has 0 radical (unpaired) electrons. The van der Waals surface area contributed by atoms with E-state index in [-0.39, 0.29) is 23.7 Å². The van der Waals surface area contributed by atoms with Crippen molar-refractivity contribution in [3.05, 3.63) is 18.2 Å². The van der Waals surface area contributed by atoms with E-state index in [4.69, 9.17) is 0 Å². The fourth-order valence-corrected chi connectivity index (χ4v) is 5.87. The van der Waals surface area contributed by atoms with Gasteiger partial charge in [0, 0.05) is 36.7 Å². The van der Waals surface area contributed by atoms with Gasteiger partial charge in [0.05, 0.1) is 6.34 Å². The maximum Gasteiger partial charge on any atom is 0.327 e. The Bertz CT molecular complexity index is 748. The molecule has 3 saturated heterocycles. The first-order valence-electron chi connectivity index (χ1n) is 9.35. The number of aliphatic carboxylic acids is 1. The number of carbonyl (C=O) groups excluding carboxylic acids is 1. The van der Waals surface area contributed by atoms with Gasteiger partial charge in [0.2, 0.25) is 0 Å². The molecular formula is C18H26ClN5O3S. The van der Waals surface area contributed by atoms with E-state index in [9.17, 15) is 14.7 Å². The number of hydrogen-bond acceptors (Lipinski definition) is 5. The van der Waals surface area contributed by atoms with Crippen molar-refractivity contribution in [3.8, 4) is 0 Å². The number of likely N-dealkylation sites (tertiary alicyclic amines) is 1. The number of aromatic amines is 1. The van der Waals surface area contributed by atoms with E-state index in [1.54, 1.807) is 12.5 Å². The second-order valence-corrected chi connectivity index (χ2v) is 9.80. The number of aliphatic imine (C=N–C) groups is 1. The van der Waals surface area contributed by atoms with E-state index in [0.29, 0.717) is 5.92 Å². The standard InChI is InChI=1S/C18H25N5O3S.ClH/c1-18(2)14(17(25)26)23-15(24)13(16(23)27-18)21-10-22-7-3-11(4-8-22)9-12-19-5-6-20-12;/h5-6,10-11,13-14,16H,3-4,7-9H2,1-2H3,(H,19,20)(H,25,26);1H/t13?,14-,16?;/m0./s1. The number of nitrogens with one attached hydrogen (secondary N) is 1. The number of hydrogen-bond donors (Lipinski definition) is 2. The van der Waals surface area contributed by atoms with Gasteiger partial charge in [0.1, 0.15) is 17.2 Å². The molecule has 3 aliphatic heterocycles. The first kappa shape index (κ1) is 21.0. The van der Waals surface area contributed by atoms with Crippen LogP contribution in [0.15, 0.2) is 17.4 Å². The van der Waals surface area contributed by atoms with Crippen LogP contribution in [0.1, 0.15) is 32.5 Å². The average Bonchev–Trinajstić information content (AvgIpc) is 3.20. The van der Waals surface area contributed by atoms with Gasteiger partial charge in [-0.05, 0) is 32.6 Å². The van der Waals surface area contributed by atoms with Gasteiger partial charge < -0.3 is 19.9 Å². The zero-order valence-electron chi connectivity index (χ0n) is 15.9. The van der Waals surface area contributed by atoms with Crippen LogP contribution in [0.4, 0.5) is 0 Å². The van der Waals surface area contributed by atoms with Gasteiger partial charge in [0.15, 0.2) is 6.04 Å². The van der Waals surface area contributed by atoms with Crippen LogP contribution in [0.3, 0.4) is 0 Å². The highest BCUT2D eigenvalue weighted by molar-refractivity contribution is 8.01. The largest absolute Gasteiger partial charge is 0.480 e. The SMILES string of the molecule is CC1(C)SC2C(N=CN3CCC(Cc4ncc[nH]4)CC3)C(=O)N2[C@H]1C(=O)O.Cl. The second kappa shape index (κ2) is 7.94. The predicted molar refractivity (Wildman–Crippen MR) is 110 cm³/mol. The van der Waals surface area contributed by atoms with Gasteiger partial charge in [-0.3, -0.25) is 9.79 Å². The number of carboxylic acid groups (broad SMARTS) is 1. The average molecular weight is 428 g/mol. The van der Waals surface area contributed by atoms with E-state index in [1.807, 2.05) is 20.0 Å². The Morgan fingerprint density at radius 3 is 2.79 bits per heavy atom. The van der Waals surface area contributed by atoms with E-state index >= 15 is 0 Å². The quantitative estimate of drug-likeness (QED) is 0.420. The van der Waals surface area contributed by atoms with Gasteiger partial charge in [-0.1, -0.05) is 0 Å². The third-order valence-electron chi connectivity index (χ3n) is 5.72. The number of aromatic nitrogens is 2. The zero-order chi connectivity index (χ0) is 19.2. The third-order valence-corrected chi connectivity index (χ3v) is 7.28. The minimum atomic E-state index is -0.940. The molecule has 154 valence electrons. The highest BCUT2D eigenvalue weighted by atomic mass is 35.5. The molecule has 1 aromatic rings. The molecular weight excluding hydrogens is 402 g/mol. The Kier molecular flexibility index (Phi) is 5.95. The lowest BCUT2D eigenvalue weighted by Crippen LogP contribution is -2.65. The smallest absolute Gasteiger partial charge is 0.327 e. The lowest BCUT2D eigenvalue weighted by Gasteiger charge is -2.41. The van der Waals surface area contributed by atoms with Crippen molar-refractivity contribution in [2.75, 3.05) is 13.1 Å². The number of imidazole rings is 1. The van der Waals surface area contributed by atoms with Crippen LogP contribution in [0.5, 0.6) is 0 Å². The molecule has 2 N–H and O–H groups in total. The number of carbonyl (C=O) groups is 2. The van der Waals surface area contributed by atoms with Crippen molar-refractivity contribution in [1.82, 2.24) is 19.8 Å². The third kappa shape index (κ3) is 3.74. The van der Waals surface area contributed by atoms with Gasteiger partial charge in [-0.15, -0.1) is 24.2 Å². The number of fused-ring (bicyclic) bond motifs is 1. The molecule has 3 fully saturated rings. The summed E-state index contributed by atoms with van der Waals surface area (Å²) in [6, 6.07) is -1.23. The molecule has 8 nitrogen and oxygen atoms in total. The Balaban J connectivity index is 0.00000225. The minimum Gasteiger partial charge on any atom is -0.480 e. The van der Waals surface area contributed by atoms with Crippen LogP contribution in [-0.4, -0.2) is 78.4 Å².